The van der Waals surface area contributed by atoms with Crippen LogP contribution in [0, 0.1) is 11.8 Å². The lowest BCUT2D eigenvalue weighted by Crippen LogP contribution is -2.46. The Balaban J connectivity index is 2.29. The molecule has 2 N–H and O–H groups in total. The van der Waals surface area contributed by atoms with E-state index in [-0.39, 0.29) is 6.09 Å². The molecule has 0 aromatic heterocycles. The standard InChI is InChI=1S/C16H32N2O2/c1-12(2)14(17-10-13-8-6-7-9-13)11-18-15(19)20-16(3,4)5/h12-14,17H,6-11H2,1-5H3,(H,18,19). The quantitative estimate of drug-likeness (QED) is 0.786. The van der Waals surface area contributed by atoms with E-state index in [1.807, 2.05) is 20.8 Å². The van der Waals surface area contributed by atoms with Crippen LogP contribution in [-0.2, 0) is 4.74 Å². The van der Waals surface area contributed by atoms with E-state index in [0.29, 0.717) is 18.5 Å². The molecule has 1 fully saturated rings. The topological polar surface area (TPSA) is 50.4 Å². The van der Waals surface area contributed by atoms with Gasteiger partial charge in [0.25, 0.3) is 0 Å². The Labute approximate surface area is 124 Å². The molecule has 20 heavy (non-hydrogen) atoms. The van der Waals surface area contributed by atoms with Gasteiger partial charge in [0.1, 0.15) is 5.60 Å². The van der Waals surface area contributed by atoms with Gasteiger partial charge in [0.15, 0.2) is 0 Å². The first-order valence-corrected chi connectivity index (χ1v) is 7.98. The molecule has 1 amide bonds. The maximum atomic E-state index is 11.7. The highest BCUT2D eigenvalue weighted by molar-refractivity contribution is 5.67. The van der Waals surface area contributed by atoms with E-state index in [2.05, 4.69) is 24.5 Å². The Morgan fingerprint density at radius 3 is 2.35 bits per heavy atom. The van der Waals surface area contributed by atoms with Gasteiger partial charge >= 0.3 is 6.09 Å². The Morgan fingerprint density at radius 2 is 1.85 bits per heavy atom. The van der Waals surface area contributed by atoms with Crippen LogP contribution < -0.4 is 10.6 Å². The van der Waals surface area contributed by atoms with Crippen LogP contribution in [0.1, 0.15) is 60.3 Å². The number of hydrogen-bond donors (Lipinski definition) is 2. The Morgan fingerprint density at radius 1 is 1.25 bits per heavy atom. The monoisotopic (exact) mass is 284 g/mol. The summed E-state index contributed by atoms with van der Waals surface area (Å²) in [6, 6.07) is 0.308. The number of ether oxygens (including phenoxy) is 1. The average molecular weight is 284 g/mol. The van der Waals surface area contributed by atoms with Crippen molar-refractivity contribution in [3.63, 3.8) is 0 Å². The van der Waals surface area contributed by atoms with Crippen LogP contribution in [0.4, 0.5) is 4.79 Å². The van der Waals surface area contributed by atoms with Crippen LogP contribution in [0.25, 0.3) is 0 Å². The summed E-state index contributed by atoms with van der Waals surface area (Å²) in [5.41, 5.74) is -0.436. The first-order chi connectivity index (χ1) is 9.28. The van der Waals surface area contributed by atoms with E-state index >= 15 is 0 Å². The average Bonchev–Trinajstić information content (AvgIpc) is 2.78. The van der Waals surface area contributed by atoms with E-state index in [1.54, 1.807) is 0 Å². The maximum absolute atomic E-state index is 11.7. The summed E-state index contributed by atoms with van der Waals surface area (Å²) in [6.07, 6.45) is 5.10. The van der Waals surface area contributed by atoms with Gasteiger partial charge in [0, 0.05) is 12.6 Å². The molecule has 0 heterocycles. The number of amides is 1. The van der Waals surface area contributed by atoms with Crippen LogP contribution in [0.5, 0.6) is 0 Å². The molecule has 1 aliphatic carbocycles. The highest BCUT2D eigenvalue weighted by Gasteiger charge is 2.21. The smallest absolute Gasteiger partial charge is 0.407 e. The molecule has 1 aliphatic rings. The normalized spacial score (nSPS) is 18.3. The molecule has 0 spiro atoms. The molecule has 4 heteroatoms. The minimum atomic E-state index is -0.436. The predicted molar refractivity (Wildman–Crippen MR) is 82.8 cm³/mol. The minimum Gasteiger partial charge on any atom is -0.444 e. The van der Waals surface area contributed by atoms with Gasteiger partial charge in [-0.2, -0.15) is 0 Å². The molecule has 0 saturated heterocycles. The molecule has 4 nitrogen and oxygen atoms in total. The van der Waals surface area contributed by atoms with Gasteiger partial charge in [-0.1, -0.05) is 26.7 Å². The van der Waals surface area contributed by atoms with E-state index in [4.69, 9.17) is 4.74 Å². The first kappa shape index (κ1) is 17.3. The van der Waals surface area contributed by atoms with Crippen molar-refractivity contribution in [2.45, 2.75) is 71.9 Å². The summed E-state index contributed by atoms with van der Waals surface area (Å²) in [5, 5.41) is 6.48. The molecular formula is C16H32N2O2. The zero-order valence-corrected chi connectivity index (χ0v) is 13.8. The van der Waals surface area contributed by atoms with Gasteiger partial charge in [-0.25, -0.2) is 4.79 Å². The predicted octanol–water partition coefficient (Wildman–Crippen LogP) is 3.32. The minimum absolute atomic E-state index is 0.308. The first-order valence-electron chi connectivity index (χ1n) is 7.98. The molecule has 118 valence electrons. The van der Waals surface area contributed by atoms with E-state index in [1.165, 1.54) is 25.7 Å². The lowest BCUT2D eigenvalue weighted by molar-refractivity contribution is 0.0519. The largest absolute Gasteiger partial charge is 0.444 e. The van der Waals surface area contributed by atoms with Gasteiger partial charge in [-0.05, 0) is 52.0 Å². The molecule has 0 aliphatic heterocycles. The van der Waals surface area contributed by atoms with E-state index in [0.717, 1.165) is 12.5 Å². The number of nitrogens with one attached hydrogen (secondary N) is 2. The van der Waals surface area contributed by atoms with Gasteiger partial charge < -0.3 is 15.4 Å². The van der Waals surface area contributed by atoms with Crippen molar-refractivity contribution in [2.24, 2.45) is 11.8 Å². The summed E-state index contributed by atoms with van der Waals surface area (Å²) in [4.78, 5) is 11.7. The molecule has 1 saturated carbocycles. The Hall–Kier alpha value is -0.770. The molecule has 0 bridgehead atoms. The number of alkyl carbamates (subject to hydrolysis) is 1. The third kappa shape index (κ3) is 7.13. The third-order valence-corrected chi connectivity index (χ3v) is 3.81. The zero-order chi connectivity index (χ0) is 15.2. The molecule has 1 unspecified atom stereocenters. The van der Waals surface area contributed by atoms with Crippen molar-refractivity contribution < 1.29 is 9.53 Å². The van der Waals surface area contributed by atoms with Crippen LogP contribution in [0.2, 0.25) is 0 Å². The number of rotatable bonds is 6. The van der Waals surface area contributed by atoms with Gasteiger partial charge in [-0.15, -0.1) is 0 Å². The van der Waals surface area contributed by atoms with Crippen molar-refractivity contribution in [2.75, 3.05) is 13.1 Å². The van der Waals surface area contributed by atoms with Gasteiger partial charge in [0.2, 0.25) is 0 Å². The highest BCUT2D eigenvalue weighted by Crippen LogP contribution is 2.24. The van der Waals surface area contributed by atoms with Crippen molar-refractivity contribution >= 4 is 6.09 Å². The van der Waals surface area contributed by atoms with Crippen molar-refractivity contribution in [1.82, 2.24) is 10.6 Å². The summed E-state index contributed by atoms with van der Waals surface area (Å²) in [5.74, 6) is 1.31. The Kier molecular flexibility index (Phi) is 6.80. The zero-order valence-electron chi connectivity index (χ0n) is 13.8. The second-order valence-corrected chi connectivity index (χ2v) is 7.29. The summed E-state index contributed by atoms with van der Waals surface area (Å²) in [6.45, 7) is 11.7. The van der Waals surface area contributed by atoms with E-state index < -0.39 is 5.60 Å². The van der Waals surface area contributed by atoms with Crippen LogP contribution >= 0.6 is 0 Å². The third-order valence-electron chi connectivity index (χ3n) is 3.81. The summed E-state index contributed by atoms with van der Waals surface area (Å²) >= 11 is 0. The summed E-state index contributed by atoms with van der Waals surface area (Å²) in [7, 11) is 0. The fourth-order valence-electron chi connectivity index (χ4n) is 2.58. The van der Waals surface area contributed by atoms with Crippen molar-refractivity contribution in [1.29, 1.82) is 0 Å². The maximum Gasteiger partial charge on any atom is 0.407 e. The molecule has 0 aromatic rings. The SMILES string of the molecule is CC(C)C(CNC(=O)OC(C)(C)C)NCC1CCCC1. The van der Waals surface area contributed by atoms with Crippen LogP contribution in [0.3, 0.4) is 0 Å². The molecule has 0 radical (unpaired) electrons. The van der Waals surface area contributed by atoms with Gasteiger partial charge in [-0.3, -0.25) is 0 Å². The lowest BCUT2D eigenvalue weighted by Gasteiger charge is -2.26. The molecule has 1 atom stereocenters. The number of hydrogen-bond acceptors (Lipinski definition) is 3. The second kappa shape index (κ2) is 7.87. The fraction of sp³-hybridized carbons (Fsp3) is 0.938. The van der Waals surface area contributed by atoms with E-state index in [9.17, 15) is 4.79 Å². The van der Waals surface area contributed by atoms with Crippen LogP contribution in [0.15, 0.2) is 0 Å². The van der Waals surface area contributed by atoms with Crippen molar-refractivity contribution in [3.05, 3.63) is 0 Å². The number of carbonyl (C=O) groups is 1. The molecule has 0 aromatic carbocycles. The Bertz CT molecular complexity index is 291. The number of carbonyl (C=O) groups excluding carboxylic acids is 1. The molecular weight excluding hydrogens is 252 g/mol. The van der Waals surface area contributed by atoms with Crippen LogP contribution in [-0.4, -0.2) is 30.8 Å². The fourth-order valence-corrected chi connectivity index (χ4v) is 2.58. The summed E-state index contributed by atoms with van der Waals surface area (Å²) < 4.78 is 5.27. The lowest BCUT2D eigenvalue weighted by atomic mass is 10.0. The molecule has 1 rings (SSSR count). The van der Waals surface area contributed by atoms with Crippen molar-refractivity contribution in [3.8, 4) is 0 Å². The highest BCUT2D eigenvalue weighted by atomic mass is 16.6. The second-order valence-electron chi connectivity index (χ2n) is 7.29. The van der Waals surface area contributed by atoms with Gasteiger partial charge in [0.05, 0.1) is 0 Å².